The minimum atomic E-state index is 0.589. The molecule has 2 nitrogen and oxygen atoms in total. The molecule has 0 fully saturated rings. The van der Waals surface area contributed by atoms with E-state index in [-0.39, 0.29) is 0 Å². The number of hydrogen-bond donors (Lipinski definition) is 1. The van der Waals surface area contributed by atoms with Crippen molar-refractivity contribution in [2.45, 2.75) is 39.2 Å². The van der Waals surface area contributed by atoms with E-state index >= 15 is 0 Å². The lowest BCUT2D eigenvalue weighted by atomic mass is 10.1. The second-order valence-electron chi connectivity index (χ2n) is 4.38. The smallest absolute Gasteiger partial charge is 0.122 e. The van der Waals surface area contributed by atoms with Gasteiger partial charge in [0.25, 0.3) is 0 Å². The lowest BCUT2D eigenvalue weighted by Crippen LogP contribution is -2.23. The molecule has 0 saturated heterocycles. The number of rotatable bonds is 7. The van der Waals surface area contributed by atoms with Gasteiger partial charge in [-0.05, 0) is 37.4 Å². The zero-order valence-corrected chi connectivity index (χ0v) is 10.6. The molecule has 0 aliphatic heterocycles. The standard InChI is InChI=1S/C14H23NO/c1-12(2)15-11-7-6-9-13-8-4-5-10-14(13)16-3/h4-5,8,10,12,15H,6-7,9,11H2,1-3H3. The average Bonchev–Trinajstić information content (AvgIpc) is 2.29. The summed E-state index contributed by atoms with van der Waals surface area (Å²) in [7, 11) is 1.74. The molecule has 0 radical (unpaired) electrons. The molecule has 0 bridgehead atoms. The van der Waals surface area contributed by atoms with Crippen molar-refractivity contribution in [3.63, 3.8) is 0 Å². The van der Waals surface area contributed by atoms with Gasteiger partial charge in [-0.25, -0.2) is 0 Å². The molecule has 0 unspecified atom stereocenters. The summed E-state index contributed by atoms with van der Waals surface area (Å²) in [5, 5.41) is 3.43. The first kappa shape index (κ1) is 13.0. The van der Waals surface area contributed by atoms with Crippen LogP contribution in [0.15, 0.2) is 24.3 Å². The highest BCUT2D eigenvalue weighted by molar-refractivity contribution is 5.33. The van der Waals surface area contributed by atoms with E-state index in [1.165, 1.54) is 18.4 Å². The maximum atomic E-state index is 5.32. The van der Waals surface area contributed by atoms with Crippen molar-refractivity contribution in [3.8, 4) is 5.75 Å². The summed E-state index contributed by atoms with van der Waals surface area (Å²) in [5.41, 5.74) is 1.31. The van der Waals surface area contributed by atoms with Crippen LogP contribution in [-0.4, -0.2) is 19.7 Å². The summed E-state index contributed by atoms with van der Waals surface area (Å²) >= 11 is 0. The fraction of sp³-hybridized carbons (Fsp3) is 0.571. The molecule has 0 amide bonds. The zero-order chi connectivity index (χ0) is 11.8. The van der Waals surface area contributed by atoms with Gasteiger partial charge >= 0.3 is 0 Å². The Balaban J connectivity index is 2.26. The number of para-hydroxylation sites is 1. The predicted molar refractivity (Wildman–Crippen MR) is 69.1 cm³/mol. The van der Waals surface area contributed by atoms with Crippen LogP contribution in [0.3, 0.4) is 0 Å². The molecule has 1 aromatic rings. The van der Waals surface area contributed by atoms with Gasteiger partial charge in [0.1, 0.15) is 5.75 Å². The summed E-state index contributed by atoms with van der Waals surface area (Å²) in [5.74, 6) is 1.01. The Hall–Kier alpha value is -1.02. The first-order valence-electron chi connectivity index (χ1n) is 6.09. The molecular weight excluding hydrogens is 198 g/mol. The molecule has 1 rings (SSSR count). The third kappa shape index (κ3) is 4.67. The molecule has 0 atom stereocenters. The van der Waals surface area contributed by atoms with Crippen molar-refractivity contribution < 1.29 is 4.74 Å². The van der Waals surface area contributed by atoms with Crippen LogP contribution in [0.5, 0.6) is 5.75 Å². The van der Waals surface area contributed by atoms with Crippen molar-refractivity contribution in [1.82, 2.24) is 5.32 Å². The highest BCUT2D eigenvalue weighted by Gasteiger charge is 2.00. The van der Waals surface area contributed by atoms with Crippen molar-refractivity contribution in [1.29, 1.82) is 0 Å². The van der Waals surface area contributed by atoms with E-state index in [9.17, 15) is 0 Å². The Morgan fingerprint density at radius 1 is 1.19 bits per heavy atom. The fourth-order valence-electron chi connectivity index (χ4n) is 1.74. The van der Waals surface area contributed by atoms with Gasteiger partial charge in [-0.15, -0.1) is 0 Å². The van der Waals surface area contributed by atoms with Crippen LogP contribution in [-0.2, 0) is 6.42 Å². The largest absolute Gasteiger partial charge is 0.496 e. The maximum absolute atomic E-state index is 5.32. The van der Waals surface area contributed by atoms with E-state index in [0.717, 1.165) is 18.7 Å². The number of ether oxygens (including phenoxy) is 1. The van der Waals surface area contributed by atoms with Crippen LogP contribution in [0.2, 0.25) is 0 Å². The maximum Gasteiger partial charge on any atom is 0.122 e. The Morgan fingerprint density at radius 2 is 1.94 bits per heavy atom. The first-order valence-corrected chi connectivity index (χ1v) is 6.09. The second kappa shape index (κ2) is 7.29. The molecule has 0 spiro atoms. The van der Waals surface area contributed by atoms with Gasteiger partial charge in [-0.3, -0.25) is 0 Å². The van der Waals surface area contributed by atoms with E-state index in [1.807, 2.05) is 12.1 Å². The Bertz CT molecular complexity index is 297. The molecular formula is C14H23NO. The monoisotopic (exact) mass is 221 g/mol. The Morgan fingerprint density at radius 3 is 2.62 bits per heavy atom. The van der Waals surface area contributed by atoms with Gasteiger partial charge in [-0.2, -0.15) is 0 Å². The number of aryl methyl sites for hydroxylation is 1. The van der Waals surface area contributed by atoms with Crippen LogP contribution >= 0.6 is 0 Å². The summed E-state index contributed by atoms with van der Waals surface area (Å²) in [6.07, 6.45) is 3.53. The van der Waals surface area contributed by atoms with Gasteiger partial charge in [-0.1, -0.05) is 32.0 Å². The topological polar surface area (TPSA) is 21.3 Å². The van der Waals surface area contributed by atoms with E-state index < -0.39 is 0 Å². The number of hydrogen-bond acceptors (Lipinski definition) is 2. The van der Waals surface area contributed by atoms with Crippen LogP contribution in [0.4, 0.5) is 0 Å². The third-order valence-corrected chi connectivity index (χ3v) is 2.62. The zero-order valence-electron chi connectivity index (χ0n) is 10.6. The average molecular weight is 221 g/mol. The quantitative estimate of drug-likeness (QED) is 0.715. The number of methoxy groups -OCH3 is 1. The highest BCUT2D eigenvalue weighted by atomic mass is 16.5. The number of nitrogens with one attached hydrogen (secondary N) is 1. The van der Waals surface area contributed by atoms with Crippen molar-refractivity contribution >= 4 is 0 Å². The van der Waals surface area contributed by atoms with Crippen molar-refractivity contribution in [2.24, 2.45) is 0 Å². The van der Waals surface area contributed by atoms with Crippen molar-refractivity contribution in [2.75, 3.05) is 13.7 Å². The van der Waals surface area contributed by atoms with Gasteiger partial charge in [0.05, 0.1) is 7.11 Å². The normalized spacial score (nSPS) is 10.8. The lowest BCUT2D eigenvalue weighted by molar-refractivity contribution is 0.408. The van der Waals surface area contributed by atoms with E-state index in [1.54, 1.807) is 7.11 Å². The summed E-state index contributed by atoms with van der Waals surface area (Å²) in [6, 6.07) is 8.86. The SMILES string of the molecule is COc1ccccc1CCCCNC(C)C. The minimum Gasteiger partial charge on any atom is -0.496 e. The molecule has 0 saturated carbocycles. The molecule has 16 heavy (non-hydrogen) atoms. The molecule has 90 valence electrons. The Labute approximate surface area is 99.0 Å². The summed E-state index contributed by atoms with van der Waals surface area (Å²) < 4.78 is 5.32. The van der Waals surface area contributed by atoms with Gasteiger partial charge in [0, 0.05) is 6.04 Å². The molecule has 0 aliphatic carbocycles. The van der Waals surface area contributed by atoms with Crippen LogP contribution < -0.4 is 10.1 Å². The van der Waals surface area contributed by atoms with Crippen LogP contribution in [0.1, 0.15) is 32.3 Å². The van der Waals surface area contributed by atoms with Crippen molar-refractivity contribution in [3.05, 3.63) is 29.8 Å². The molecule has 0 aromatic heterocycles. The fourth-order valence-corrected chi connectivity index (χ4v) is 1.74. The second-order valence-corrected chi connectivity index (χ2v) is 4.38. The van der Waals surface area contributed by atoms with E-state index in [0.29, 0.717) is 6.04 Å². The van der Waals surface area contributed by atoms with E-state index in [4.69, 9.17) is 4.74 Å². The number of benzene rings is 1. The first-order chi connectivity index (χ1) is 7.74. The minimum absolute atomic E-state index is 0.589. The lowest BCUT2D eigenvalue weighted by Gasteiger charge is -2.09. The predicted octanol–water partition coefficient (Wildman–Crippen LogP) is 3.02. The molecule has 2 heteroatoms. The van der Waals surface area contributed by atoms with Crippen LogP contribution in [0, 0.1) is 0 Å². The van der Waals surface area contributed by atoms with E-state index in [2.05, 4.69) is 31.3 Å². The van der Waals surface area contributed by atoms with Gasteiger partial charge in [0.15, 0.2) is 0 Å². The molecule has 1 aromatic carbocycles. The van der Waals surface area contributed by atoms with Gasteiger partial charge < -0.3 is 10.1 Å². The molecule has 1 N–H and O–H groups in total. The summed E-state index contributed by atoms with van der Waals surface area (Å²) in [4.78, 5) is 0. The van der Waals surface area contributed by atoms with Gasteiger partial charge in [0.2, 0.25) is 0 Å². The van der Waals surface area contributed by atoms with Crippen LogP contribution in [0.25, 0.3) is 0 Å². The number of unbranched alkanes of at least 4 members (excludes halogenated alkanes) is 1. The third-order valence-electron chi connectivity index (χ3n) is 2.62. The molecule has 0 heterocycles. The highest BCUT2D eigenvalue weighted by Crippen LogP contribution is 2.19. The summed E-state index contributed by atoms with van der Waals surface area (Å²) in [6.45, 7) is 5.47. The Kier molecular flexibility index (Phi) is 5.94. The molecule has 0 aliphatic rings.